The number of rotatable bonds is 4. The van der Waals surface area contributed by atoms with E-state index in [2.05, 4.69) is 26.6 Å². The Hall–Kier alpha value is -2.67. The van der Waals surface area contributed by atoms with Crippen LogP contribution in [0.4, 0.5) is 10.5 Å². The highest BCUT2D eigenvalue weighted by molar-refractivity contribution is 9.10. The molecular weight excluding hydrogens is 410 g/mol. The Kier molecular flexibility index (Phi) is 5.06. The predicted octanol–water partition coefficient (Wildman–Crippen LogP) is 3.47. The molecule has 1 fully saturated rings. The molecule has 0 aromatic heterocycles. The largest absolute Gasteiger partial charge is 0.325 e. The molecule has 0 spiro atoms. The molecule has 3 rings (SSSR count). The van der Waals surface area contributed by atoms with Gasteiger partial charge in [0.05, 0.1) is 0 Å². The van der Waals surface area contributed by atoms with E-state index in [1.54, 1.807) is 31.2 Å². The predicted molar refractivity (Wildman–Crippen MR) is 106 cm³/mol. The van der Waals surface area contributed by atoms with E-state index in [1.165, 1.54) is 0 Å². The van der Waals surface area contributed by atoms with Crippen LogP contribution < -0.4 is 10.6 Å². The molecule has 140 valence electrons. The van der Waals surface area contributed by atoms with Crippen LogP contribution in [0.2, 0.25) is 0 Å². The second kappa shape index (κ2) is 7.15. The van der Waals surface area contributed by atoms with E-state index >= 15 is 0 Å². The summed E-state index contributed by atoms with van der Waals surface area (Å²) in [7, 11) is 0. The van der Waals surface area contributed by atoms with Crippen molar-refractivity contribution >= 4 is 39.5 Å². The molecule has 2 aromatic carbocycles. The van der Waals surface area contributed by atoms with Crippen LogP contribution in [0.25, 0.3) is 0 Å². The fourth-order valence-corrected chi connectivity index (χ4v) is 3.45. The molecule has 4 amide bonds. The van der Waals surface area contributed by atoms with Gasteiger partial charge in [-0.05, 0) is 55.7 Å². The van der Waals surface area contributed by atoms with E-state index in [0.29, 0.717) is 11.3 Å². The van der Waals surface area contributed by atoms with E-state index in [4.69, 9.17) is 0 Å². The number of halogens is 1. The number of imide groups is 1. The number of aryl methyl sites for hydroxylation is 1. The fraction of sp³-hybridized carbons (Fsp3) is 0.250. The van der Waals surface area contributed by atoms with Crippen LogP contribution in [0.1, 0.15) is 23.6 Å². The van der Waals surface area contributed by atoms with Gasteiger partial charge in [0.2, 0.25) is 5.91 Å². The van der Waals surface area contributed by atoms with E-state index < -0.39 is 23.4 Å². The molecule has 0 bridgehead atoms. The van der Waals surface area contributed by atoms with Crippen LogP contribution in [0.3, 0.4) is 0 Å². The van der Waals surface area contributed by atoms with Gasteiger partial charge < -0.3 is 10.6 Å². The molecule has 1 heterocycles. The number of benzene rings is 2. The third kappa shape index (κ3) is 3.60. The van der Waals surface area contributed by atoms with Gasteiger partial charge in [-0.2, -0.15) is 0 Å². The molecule has 7 heteroatoms. The average molecular weight is 430 g/mol. The number of nitrogens with zero attached hydrogens (tertiary/aromatic N) is 1. The number of hydrogen-bond acceptors (Lipinski definition) is 3. The van der Waals surface area contributed by atoms with E-state index in [-0.39, 0.29) is 6.54 Å². The maximum atomic E-state index is 12.9. The molecule has 0 radical (unpaired) electrons. The van der Waals surface area contributed by atoms with Gasteiger partial charge in [0.15, 0.2) is 0 Å². The molecule has 1 aliphatic heterocycles. The normalized spacial score (nSPS) is 19.2. The highest BCUT2D eigenvalue weighted by Gasteiger charge is 2.49. The summed E-state index contributed by atoms with van der Waals surface area (Å²) in [5, 5.41) is 5.47. The second-order valence-corrected chi connectivity index (χ2v) is 7.67. The number of hydrogen-bond donors (Lipinski definition) is 2. The van der Waals surface area contributed by atoms with Crippen molar-refractivity contribution < 1.29 is 14.4 Å². The Labute approximate surface area is 166 Å². The third-order valence-electron chi connectivity index (χ3n) is 4.86. The van der Waals surface area contributed by atoms with Crippen molar-refractivity contribution in [3.63, 3.8) is 0 Å². The van der Waals surface area contributed by atoms with E-state index in [1.807, 2.05) is 32.0 Å². The van der Waals surface area contributed by atoms with Crippen molar-refractivity contribution in [2.75, 3.05) is 11.9 Å². The molecule has 1 atom stereocenters. The van der Waals surface area contributed by atoms with Crippen LogP contribution in [-0.2, 0) is 15.1 Å². The number of anilines is 1. The zero-order valence-corrected chi connectivity index (χ0v) is 16.9. The van der Waals surface area contributed by atoms with Gasteiger partial charge in [-0.15, -0.1) is 0 Å². The summed E-state index contributed by atoms with van der Waals surface area (Å²) in [6.45, 7) is 5.15. The molecule has 0 aliphatic carbocycles. The van der Waals surface area contributed by atoms with Crippen LogP contribution in [0.5, 0.6) is 0 Å². The van der Waals surface area contributed by atoms with Gasteiger partial charge in [-0.25, -0.2) is 4.79 Å². The van der Waals surface area contributed by atoms with Gasteiger partial charge in [0, 0.05) is 10.2 Å². The minimum atomic E-state index is -1.21. The first-order valence-corrected chi connectivity index (χ1v) is 9.28. The average Bonchev–Trinajstić information content (AvgIpc) is 2.83. The summed E-state index contributed by atoms with van der Waals surface area (Å²) < 4.78 is 0.800. The minimum absolute atomic E-state index is 0.346. The van der Waals surface area contributed by atoms with Gasteiger partial charge in [-0.1, -0.05) is 40.2 Å². The summed E-state index contributed by atoms with van der Waals surface area (Å²) >= 11 is 3.37. The van der Waals surface area contributed by atoms with Crippen LogP contribution in [0, 0.1) is 13.8 Å². The number of carbonyl (C=O) groups is 3. The van der Waals surface area contributed by atoms with Crippen molar-refractivity contribution in [3.8, 4) is 0 Å². The highest BCUT2D eigenvalue weighted by atomic mass is 79.9. The molecule has 1 unspecified atom stereocenters. The van der Waals surface area contributed by atoms with Gasteiger partial charge in [-0.3, -0.25) is 14.5 Å². The Bertz CT molecular complexity index is 944. The smallest absolute Gasteiger partial charge is 0.324 e. The van der Waals surface area contributed by atoms with Gasteiger partial charge in [0.1, 0.15) is 12.1 Å². The van der Waals surface area contributed by atoms with Crippen LogP contribution >= 0.6 is 15.9 Å². The number of nitrogens with one attached hydrogen (secondary N) is 2. The lowest BCUT2D eigenvalue weighted by Gasteiger charge is -2.22. The molecular formula is C20H20BrN3O3. The number of amides is 4. The first-order chi connectivity index (χ1) is 12.7. The number of carbonyl (C=O) groups excluding carboxylic acids is 3. The zero-order chi connectivity index (χ0) is 19.8. The van der Waals surface area contributed by atoms with Crippen LogP contribution in [-0.4, -0.2) is 29.3 Å². The lowest BCUT2D eigenvalue weighted by atomic mass is 9.92. The van der Waals surface area contributed by atoms with E-state index in [9.17, 15) is 14.4 Å². The van der Waals surface area contributed by atoms with Crippen molar-refractivity contribution in [2.24, 2.45) is 0 Å². The Morgan fingerprint density at radius 2 is 1.89 bits per heavy atom. The summed E-state index contributed by atoms with van der Waals surface area (Å²) in [4.78, 5) is 38.7. The lowest BCUT2D eigenvalue weighted by Crippen LogP contribution is -2.42. The standard InChI is InChI=1S/C20H20BrN3O3/c1-12-6-4-9-16(13(12)2)22-17(25)11-24-18(26)20(3,23-19(24)27)14-7-5-8-15(21)10-14/h4-10H,11H2,1-3H3,(H,22,25)(H,23,27). The SMILES string of the molecule is Cc1cccc(NC(=O)CN2C(=O)NC(C)(c3cccc(Br)c3)C2=O)c1C. The second-order valence-electron chi connectivity index (χ2n) is 6.75. The molecule has 2 N–H and O–H groups in total. The topological polar surface area (TPSA) is 78.5 Å². The van der Waals surface area contributed by atoms with E-state index in [0.717, 1.165) is 20.5 Å². The first kappa shape index (κ1) is 19.1. The maximum Gasteiger partial charge on any atom is 0.325 e. The molecule has 2 aromatic rings. The maximum absolute atomic E-state index is 12.9. The lowest BCUT2D eigenvalue weighted by molar-refractivity contribution is -0.133. The summed E-state index contributed by atoms with van der Waals surface area (Å²) in [5.74, 6) is -0.882. The molecule has 27 heavy (non-hydrogen) atoms. The van der Waals surface area contributed by atoms with Crippen molar-refractivity contribution in [1.29, 1.82) is 0 Å². The highest BCUT2D eigenvalue weighted by Crippen LogP contribution is 2.30. The minimum Gasteiger partial charge on any atom is -0.324 e. The number of urea groups is 1. The summed E-state index contributed by atoms with van der Waals surface area (Å²) in [6.07, 6.45) is 0. The Morgan fingerprint density at radius 1 is 1.19 bits per heavy atom. The molecule has 1 saturated heterocycles. The zero-order valence-electron chi connectivity index (χ0n) is 15.3. The molecule has 6 nitrogen and oxygen atoms in total. The monoisotopic (exact) mass is 429 g/mol. The fourth-order valence-electron chi connectivity index (χ4n) is 3.06. The molecule has 0 saturated carbocycles. The van der Waals surface area contributed by atoms with Crippen molar-refractivity contribution in [3.05, 3.63) is 63.6 Å². The summed E-state index contributed by atoms with van der Waals surface area (Å²) in [5.41, 5.74) is 2.10. The third-order valence-corrected chi connectivity index (χ3v) is 5.35. The summed E-state index contributed by atoms with van der Waals surface area (Å²) in [6, 6.07) is 12.2. The molecule has 1 aliphatic rings. The van der Waals surface area contributed by atoms with Crippen molar-refractivity contribution in [1.82, 2.24) is 10.2 Å². The van der Waals surface area contributed by atoms with Crippen molar-refractivity contribution in [2.45, 2.75) is 26.3 Å². The van der Waals surface area contributed by atoms with Gasteiger partial charge >= 0.3 is 6.03 Å². The Balaban J connectivity index is 1.77. The van der Waals surface area contributed by atoms with Gasteiger partial charge in [0.25, 0.3) is 5.91 Å². The first-order valence-electron chi connectivity index (χ1n) is 8.48. The van der Waals surface area contributed by atoms with Crippen LogP contribution in [0.15, 0.2) is 46.9 Å². The Morgan fingerprint density at radius 3 is 2.59 bits per heavy atom. The quantitative estimate of drug-likeness (QED) is 0.730.